The molecule has 0 saturated heterocycles. The minimum Gasteiger partial charge on any atom is -0.465 e. The topological polar surface area (TPSA) is 64.6 Å². The Morgan fingerprint density at radius 1 is 1.31 bits per heavy atom. The third kappa shape index (κ3) is 2.98. The number of carbonyl (C=O) groups excluding carboxylic acids is 2. The zero-order valence-corrected chi connectivity index (χ0v) is 9.15. The van der Waals surface area contributed by atoms with Crippen molar-refractivity contribution in [2.45, 2.75) is 6.92 Å². The summed E-state index contributed by atoms with van der Waals surface area (Å²) in [5.74, 6) is -0.507. The molecule has 1 amide bonds. The first-order valence-corrected chi connectivity index (χ1v) is 4.80. The molecule has 5 heteroatoms. The molecule has 1 aromatic rings. The minimum absolute atomic E-state index is 0.270. The van der Waals surface area contributed by atoms with Gasteiger partial charge in [-0.1, -0.05) is 12.1 Å². The number of hydrogen-bond donors (Lipinski definition) is 1. The Morgan fingerprint density at radius 3 is 2.62 bits per heavy atom. The number of amides is 1. The van der Waals surface area contributed by atoms with Crippen LogP contribution in [0.15, 0.2) is 24.3 Å². The minimum atomic E-state index is -0.598. The molecule has 0 aliphatic heterocycles. The Balaban J connectivity index is 2.87. The predicted octanol–water partition coefficient (Wildman–Crippen LogP) is 2.04. The number of hydrogen-bond acceptors (Lipinski definition) is 4. The van der Waals surface area contributed by atoms with Crippen LogP contribution in [-0.4, -0.2) is 25.8 Å². The summed E-state index contributed by atoms with van der Waals surface area (Å²) in [5, 5.41) is 2.46. The molecule has 0 bridgehead atoms. The lowest BCUT2D eigenvalue weighted by Crippen LogP contribution is -2.16. The highest BCUT2D eigenvalue weighted by Gasteiger charge is 2.13. The number of nitrogens with one attached hydrogen (secondary N) is 1. The van der Waals surface area contributed by atoms with E-state index in [0.29, 0.717) is 5.69 Å². The van der Waals surface area contributed by atoms with Gasteiger partial charge < -0.3 is 9.47 Å². The van der Waals surface area contributed by atoms with Crippen LogP contribution in [0.25, 0.3) is 0 Å². The van der Waals surface area contributed by atoms with E-state index in [0.717, 1.165) is 0 Å². The van der Waals surface area contributed by atoms with E-state index in [1.807, 2.05) is 0 Å². The van der Waals surface area contributed by atoms with Gasteiger partial charge in [0.05, 0.1) is 25.0 Å². The van der Waals surface area contributed by atoms with Gasteiger partial charge in [-0.3, -0.25) is 5.32 Å². The third-order valence-corrected chi connectivity index (χ3v) is 1.84. The predicted molar refractivity (Wildman–Crippen MR) is 58.4 cm³/mol. The summed E-state index contributed by atoms with van der Waals surface area (Å²) in [4.78, 5) is 22.5. The fraction of sp³-hybridized carbons (Fsp3) is 0.273. The van der Waals surface area contributed by atoms with E-state index in [4.69, 9.17) is 4.74 Å². The molecule has 0 atom stereocenters. The van der Waals surface area contributed by atoms with Gasteiger partial charge in [-0.15, -0.1) is 0 Å². The summed E-state index contributed by atoms with van der Waals surface area (Å²) < 4.78 is 9.30. The number of rotatable bonds is 3. The standard InChI is InChI=1S/C11H13NO4/c1-3-16-11(14)12-9-7-5-4-6-8(9)10(13)15-2/h4-7H,3H2,1-2H3,(H,12,14). The van der Waals surface area contributed by atoms with Crippen molar-refractivity contribution in [3.8, 4) is 0 Å². The molecule has 5 nitrogen and oxygen atoms in total. The van der Waals surface area contributed by atoms with E-state index in [-0.39, 0.29) is 12.2 Å². The van der Waals surface area contributed by atoms with Crippen LogP contribution in [0.3, 0.4) is 0 Å². The summed E-state index contributed by atoms with van der Waals surface area (Å²) in [6.07, 6.45) is -0.598. The van der Waals surface area contributed by atoms with Crippen LogP contribution in [0.4, 0.5) is 10.5 Å². The summed E-state index contributed by atoms with van der Waals surface area (Å²) in [6.45, 7) is 1.97. The SMILES string of the molecule is CCOC(=O)Nc1ccccc1C(=O)OC. The fourth-order valence-electron chi connectivity index (χ4n) is 1.16. The molecule has 0 unspecified atom stereocenters. The zero-order valence-electron chi connectivity index (χ0n) is 9.15. The van der Waals surface area contributed by atoms with Crippen molar-refractivity contribution in [1.29, 1.82) is 0 Å². The largest absolute Gasteiger partial charge is 0.465 e. The molecule has 0 fully saturated rings. The van der Waals surface area contributed by atoms with Gasteiger partial charge in [0.2, 0.25) is 0 Å². The lowest BCUT2D eigenvalue weighted by Gasteiger charge is -2.08. The summed E-state index contributed by atoms with van der Waals surface area (Å²) in [6, 6.07) is 6.55. The van der Waals surface area contributed by atoms with Gasteiger partial charge in [-0.2, -0.15) is 0 Å². The molecule has 86 valence electrons. The smallest absolute Gasteiger partial charge is 0.411 e. The van der Waals surface area contributed by atoms with Crippen LogP contribution in [0, 0.1) is 0 Å². The highest BCUT2D eigenvalue weighted by molar-refractivity contribution is 5.99. The van der Waals surface area contributed by atoms with Gasteiger partial charge in [0.25, 0.3) is 0 Å². The van der Waals surface area contributed by atoms with Crippen LogP contribution in [-0.2, 0) is 9.47 Å². The highest BCUT2D eigenvalue weighted by Crippen LogP contribution is 2.16. The van der Waals surface area contributed by atoms with Crippen molar-refractivity contribution < 1.29 is 19.1 Å². The Labute approximate surface area is 93.4 Å². The van der Waals surface area contributed by atoms with Crippen LogP contribution >= 0.6 is 0 Å². The van der Waals surface area contributed by atoms with E-state index in [1.165, 1.54) is 7.11 Å². The number of methoxy groups -OCH3 is 1. The van der Waals surface area contributed by atoms with E-state index < -0.39 is 12.1 Å². The maximum atomic E-state index is 11.4. The van der Waals surface area contributed by atoms with E-state index >= 15 is 0 Å². The molecule has 0 aliphatic carbocycles. The Kier molecular flexibility index (Phi) is 4.32. The second-order valence-corrected chi connectivity index (χ2v) is 2.88. The molecule has 1 rings (SSSR count). The van der Waals surface area contributed by atoms with Crippen molar-refractivity contribution in [2.75, 3.05) is 19.0 Å². The molecule has 0 saturated carbocycles. The Hall–Kier alpha value is -2.04. The molecular formula is C11H13NO4. The molecule has 0 aliphatic rings. The van der Waals surface area contributed by atoms with Crippen molar-refractivity contribution in [3.05, 3.63) is 29.8 Å². The molecular weight excluding hydrogens is 210 g/mol. The van der Waals surface area contributed by atoms with Gasteiger partial charge >= 0.3 is 12.1 Å². The molecule has 1 N–H and O–H groups in total. The van der Waals surface area contributed by atoms with Gasteiger partial charge in [0, 0.05) is 0 Å². The number of esters is 1. The Morgan fingerprint density at radius 2 is 2.00 bits per heavy atom. The van der Waals surface area contributed by atoms with Gasteiger partial charge in [-0.25, -0.2) is 9.59 Å². The maximum Gasteiger partial charge on any atom is 0.411 e. The van der Waals surface area contributed by atoms with Crippen LogP contribution in [0.2, 0.25) is 0 Å². The third-order valence-electron chi connectivity index (χ3n) is 1.84. The van der Waals surface area contributed by atoms with Crippen LogP contribution < -0.4 is 5.32 Å². The van der Waals surface area contributed by atoms with Crippen molar-refractivity contribution in [2.24, 2.45) is 0 Å². The normalized spacial score (nSPS) is 9.38. The number of anilines is 1. The van der Waals surface area contributed by atoms with Gasteiger partial charge in [-0.05, 0) is 19.1 Å². The maximum absolute atomic E-state index is 11.4. The van der Waals surface area contributed by atoms with Crippen molar-refractivity contribution >= 4 is 17.7 Å². The van der Waals surface area contributed by atoms with E-state index in [2.05, 4.69) is 10.1 Å². The highest BCUT2D eigenvalue weighted by atomic mass is 16.5. The van der Waals surface area contributed by atoms with Gasteiger partial charge in [0.15, 0.2) is 0 Å². The first kappa shape index (κ1) is 12.0. The Bertz CT molecular complexity index is 389. The summed E-state index contributed by atoms with van der Waals surface area (Å²) >= 11 is 0. The zero-order chi connectivity index (χ0) is 12.0. The molecule has 0 spiro atoms. The lowest BCUT2D eigenvalue weighted by molar-refractivity contribution is 0.0602. The second kappa shape index (κ2) is 5.75. The summed E-state index contributed by atoms with van der Waals surface area (Å²) in [7, 11) is 1.28. The molecule has 1 aromatic carbocycles. The molecule has 0 heterocycles. The first-order chi connectivity index (χ1) is 7.69. The molecule has 0 radical (unpaired) electrons. The number of carbonyl (C=O) groups is 2. The van der Waals surface area contributed by atoms with Crippen LogP contribution in [0.1, 0.15) is 17.3 Å². The number of ether oxygens (including phenoxy) is 2. The van der Waals surface area contributed by atoms with E-state index in [1.54, 1.807) is 31.2 Å². The summed E-state index contributed by atoms with van der Waals surface area (Å²) in [5.41, 5.74) is 0.658. The first-order valence-electron chi connectivity index (χ1n) is 4.80. The van der Waals surface area contributed by atoms with Crippen LogP contribution in [0.5, 0.6) is 0 Å². The van der Waals surface area contributed by atoms with Crippen molar-refractivity contribution in [3.63, 3.8) is 0 Å². The average Bonchev–Trinajstić information content (AvgIpc) is 2.29. The molecule has 16 heavy (non-hydrogen) atoms. The number of para-hydroxylation sites is 1. The second-order valence-electron chi connectivity index (χ2n) is 2.88. The quantitative estimate of drug-likeness (QED) is 0.796. The monoisotopic (exact) mass is 223 g/mol. The fourth-order valence-corrected chi connectivity index (χ4v) is 1.16. The number of benzene rings is 1. The average molecular weight is 223 g/mol. The van der Waals surface area contributed by atoms with Gasteiger partial charge in [0.1, 0.15) is 0 Å². The van der Waals surface area contributed by atoms with E-state index in [9.17, 15) is 9.59 Å². The lowest BCUT2D eigenvalue weighted by atomic mass is 10.2. The van der Waals surface area contributed by atoms with Crippen molar-refractivity contribution in [1.82, 2.24) is 0 Å². The molecule has 0 aromatic heterocycles.